The van der Waals surface area contributed by atoms with E-state index in [4.69, 9.17) is 5.84 Å². The standard InChI is InChI=1S/C12H15N5OS/c1-8-7-19-11(16-8)3-5-15-12(18)10-6-9(17-13)2-4-14-10/h2,4,6-7H,3,5,13H2,1H3,(H,14,17)(H,15,18). The largest absolute Gasteiger partial charge is 0.350 e. The molecule has 19 heavy (non-hydrogen) atoms. The molecule has 2 aromatic rings. The third kappa shape index (κ3) is 3.73. The van der Waals surface area contributed by atoms with Crippen LogP contribution < -0.4 is 16.6 Å². The molecule has 0 spiro atoms. The molecule has 6 nitrogen and oxygen atoms in total. The van der Waals surface area contributed by atoms with E-state index in [1.54, 1.807) is 23.5 Å². The summed E-state index contributed by atoms with van der Waals surface area (Å²) in [5.41, 5.74) is 4.48. The van der Waals surface area contributed by atoms with Gasteiger partial charge in [-0.3, -0.25) is 15.6 Å². The fourth-order valence-electron chi connectivity index (χ4n) is 1.54. The molecule has 0 atom stereocenters. The van der Waals surface area contributed by atoms with E-state index in [-0.39, 0.29) is 5.91 Å². The van der Waals surface area contributed by atoms with Gasteiger partial charge in [0.15, 0.2) is 0 Å². The van der Waals surface area contributed by atoms with Crippen LogP contribution in [0.5, 0.6) is 0 Å². The molecule has 0 radical (unpaired) electrons. The number of hydrazine groups is 1. The number of hydrogen-bond acceptors (Lipinski definition) is 6. The molecule has 2 aromatic heterocycles. The van der Waals surface area contributed by atoms with E-state index in [1.807, 2.05) is 12.3 Å². The molecule has 0 saturated heterocycles. The lowest BCUT2D eigenvalue weighted by Gasteiger charge is -2.05. The van der Waals surface area contributed by atoms with Gasteiger partial charge in [0.05, 0.1) is 10.7 Å². The number of carbonyl (C=O) groups excluding carboxylic acids is 1. The quantitative estimate of drug-likeness (QED) is 0.562. The van der Waals surface area contributed by atoms with E-state index in [0.29, 0.717) is 17.9 Å². The number of aromatic nitrogens is 2. The summed E-state index contributed by atoms with van der Waals surface area (Å²) < 4.78 is 0. The van der Waals surface area contributed by atoms with E-state index >= 15 is 0 Å². The molecule has 0 fully saturated rings. The normalized spacial score (nSPS) is 10.2. The van der Waals surface area contributed by atoms with Gasteiger partial charge in [-0.2, -0.15) is 0 Å². The zero-order valence-electron chi connectivity index (χ0n) is 10.5. The number of nitrogens with zero attached hydrogens (tertiary/aromatic N) is 2. The first-order valence-electron chi connectivity index (χ1n) is 5.81. The summed E-state index contributed by atoms with van der Waals surface area (Å²) in [5.74, 6) is 5.06. The van der Waals surface area contributed by atoms with Crippen molar-refractivity contribution in [2.45, 2.75) is 13.3 Å². The molecule has 7 heteroatoms. The molecular weight excluding hydrogens is 262 g/mol. The van der Waals surface area contributed by atoms with Crippen molar-refractivity contribution in [3.8, 4) is 0 Å². The van der Waals surface area contributed by atoms with Crippen LogP contribution in [0.15, 0.2) is 23.7 Å². The molecule has 0 aliphatic rings. The number of rotatable bonds is 5. The Labute approximate surface area is 115 Å². The molecule has 2 heterocycles. The lowest BCUT2D eigenvalue weighted by molar-refractivity contribution is 0.0949. The fraction of sp³-hybridized carbons (Fsp3) is 0.250. The van der Waals surface area contributed by atoms with E-state index in [1.165, 1.54) is 6.20 Å². The van der Waals surface area contributed by atoms with Gasteiger partial charge < -0.3 is 10.7 Å². The number of nitrogens with one attached hydrogen (secondary N) is 2. The molecule has 0 aliphatic carbocycles. The molecule has 0 saturated carbocycles. The van der Waals surface area contributed by atoms with Crippen molar-refractivity contribution >= 4 is 22.9 Å². The predicted molar refractivity (Wildman–Crippen MR) is 74.9 cm³/mol. The molecule has 4 N–H and O–H groups in total. The zero-order valence-corrected chi connectivity index (χ0v) is 11.3. The van der Waals surface area contributed by atoms with E-state index < -0.39 is 0 Å². The van der Waals surface area contributed by atoms with Crippen LogP contribution in [0.4, 0.5) is 5.69 Å². The lowest BCUT2D eigenvalue weighted by atomic mass is 10.3. The summed E-state index contributed by atoms with van der Waals surface area (Å²) in [6.45, 7) is 2.49. The average Bonchev–Trinajstić information content (AvgIpc) is 2.84. The first-order valence-corrected chi connectivity index (χ1v) is 6.69. The molecule has 1 amide bonds. The second kappa shape index (κ2) is 6.26. The number of nitrogens with two attached hydrogens (primary N) is 1. The van der Waals surface area contributed by atoms with Gasteiger partial charge in [0.25, 0.3) is 5.91 Å². The first-order chi connectivity index (χ1) is 9.19. The Hall–Kier alpha value is -1.99. The molecular formula is C12H15N5OS. The SMILES string of the molecule is Cc1csc(CCNC(=O)c2cc(NN)ccn2)n1. The third-order valence-electron chi connectivity index (χ3n) is 2.45. The molecule has 0 aromatic carbocycles. The summed E-state index contributed by atoms with van der Waals surface area (Å²) >= 11 is 1.60. The summed E-state index contributed by atoms with van der Waals surface area (Å²) in [6, 6.07) is 3.29. The Morgan fingerprint density at radius 3 is 3.05 bits per heavy atom. The Bertz CT molecular complexity index is 569. The number of carbonyl (C=O) groups is 1. The average molecular weight is 277 g/mol. The number of hydrogen-bond donors (Lipinski definition) is 3. The molecule has 0 aliphatic heterocycles. The van der Waals surface area contributed by atoms with Gasteiger partial charge >= 0.3 is 0 Å². The van der Waals surface area contributed by atoms with E-state index in [0.717, 1.165) is 17.1 Å². The van der Waals surface area contributed by atoms with Gasteiger partial charge in [-0.25, -0.2) is 4.98 Å². The first kappa shape index (κ1) is 13.4. The molecule has 2 rings (SSSR count). The molecule has 100 valence electrons. The summed E-state index contributed by atoms with van der Waals surface area (Å²) in [7, 11) is 0. The number of thiazole rings is 1. The maximum atomic E-state index is 11.8. The smallest absolute Gasteiger partial charge is 0.269 e. The lowest BCUT2D eigenvalue weighted by Crippen LogP contribution is -2.26. The van der Waals surface area contributed by atoms with Gasteiger partial charge in [-0.05, 0) is 19.1 Å². The van der Waals surface area contributed by atoms with Gasteiger partial charge in [0.1, 0.15) is 5.69 Å². The third-order valence-corrected chi connectivity index (χ3v) is 3.48. The van der Waals surface area contributed by atoms with Gasteiger partial charge in [0.2, 0.25) is 0 Å². The van der Waals surface area contributed by atoms with Crippen LogP contribution in [0.3, 0.4) is 0 Å². The summed E-state index contributed by atoms with van der Waals surface area (Å²) in [6.07, 6.45) is 2.26. The van der Waals surface area contributed by atoms with Crippen molar-refractivity contribution in [3.05, 3.63) is 40.1 Å². The van der Waals surface area contributed by atoms with Crippen LogP contribution in [-0.4, -0.2) is 22.4 Å². The maximum absolute atomic E-state index is 11.8. The number of anilines is 1. The van der Waals surface area contributed by atoms with Gasteiger partial charge in [0, 0.05) is 30.2 Å². The maximum Gasteiger partial charge on any atom is 0.269 e. The highest BCUT2D eigenvalue weighted by Gasteiger charge is 2.07. The molecule has 0 unspecified atom stereocenters. The van der Waals surface area contributed by atoms with Crippen LogP contribution in [0.25, 0.3) is 0 Å². The Kier molecular flexibility index (Phi) is 4.43. The van der Waals surface area contributed by atoms with Crippen molar-refractivity contribution < 1.29 is 4.79 Å². The summed E-state index contributed by atoms with van der Waals surface area (Å²) in [5, 5.41) is 5.82. The Balaban J connectivity index is 1.87. The fourth-order valence-corrected chi connectivity index (χ4v) is 2.31. The topological polar surface area (TPSA) is 92.9 Å². The number of aryl methyl sites for hydroxylation is 1. The molecule has 0 bridgehead atoms. The van der Waals surface area contributed by atoms with Crippen LogP contribution >= 0.6 is 11.3 Å². The van der Waals surface area contributed by atoms with Crippen LogP contribution in [0.1, 0.15) is 21.2 Å². The minimum Gasteiger partial charge on any atom is -0.350 e. The van der Waals surface area contributed by atoms with Crippen LogP contribution in [-0.2, 0) is 6.42 Å². The van der Waals surface area contributed by atoms with Gasteiger partial charge in [-0.15, -0.1) is 11.3 Å². The van der Waals surface area contributed by atoms with Crippen molar-refractivity contribution in [1.82, 2.24) is 15.3 Å². The second-order valence-corrected chi connectivity index (χ2v) is 4.91. The van der Waals surface area contributed by atoms with E-state index in [9.17, 15) is 4.79 Å². The second-order valence-electron chi connectivity index (χ2n) is 3.96. The minimum absolute atomic E-state index is 0.217. The number of pyridine rings is 1. The van der Waals surface area contributed by atoms with Crippen molar-refractivity contribution in [3.63, 3.8) is 0 Å². The van der Waals surface area contributed by atoms with Gasteiger partial charge in [-0.1, -0.05) is 0 Å². The predicted octanol–water partition coefficient (Wildman–Crippen LogP) is 1.10. The highest BCUT2D eigenvalue weighted by Crippen LogP contribution is 2.09. The van der Waals surface area contributed by atoms with Crippen LogP contribution in [0.2, 0.25) is 0 Å². The summed E-state index contributed by atoms with van der Waals surface area (Å²) in [4.78, 5) is 20.2. The van der Waals surface area contributed by atoms with Crippen LogP contribution in [0, 0.1) is 6.92 Å². The highest BCUT2D eigenvalue weighted by atomic mass is 32.1. The van der Waals surface area contributed by atoms with E-state index in [2.05, 4.69) is 20.7 Å². The highest BCUT2D eigenvalue weighted by molar-refractivity contribution is 7.09. The van der Waals surface area contributed by atoms with Crippen molar-refractivity contribution in [1.29, 1.82) is 0 Å². The zero-order chi connectivity index (χ0) is 13.7. The van der Waals surface area contributed by atoms with Crippen molar-refractivity contribution in [2.75, 3.05) is 12.0 Å². The monoisotopic (exact) mass is 277 g/mol. The number of nitrogen functional groups attached to an aromatic ring is 1. The van der Waals surface area contributed by atoms with Crippen molar-refractivity contribution in [2.24, 2.45) is 5.84 Å². The number of amides is 1. The Morgan fingerprint density at radius 1 is 1.53 bits per heavy atom. The minimum atomic E-state index is -0.217. The Morgan fingerprint density at radius 2 is 2.37 bits per heavy atom.